The van der Waals surface area contributed by atoms with E-state index < -0.39 is 5.60 Å². The summed E-state index contributed by atoms with van der Waals surface area (Å²) >= 11 is 2.31. The standard InChI is InChI=1S/C14H26INO5/c1-14(2,3)21-13(17)16-6-11(15)12(7-16)20-9-10(19-5)8-18-4/h10-12H,6-9H2,1-5H3. The predicted octanol–water partition coefficient (Wildman–Crippen LogP) is 2.09. The number of nitrogens with zero attached hydrogens (tertiary/aromatic N) is 1. The van der Waals surface area contributed by atoms with Crippen LogP contribution in [0.1, 0.15) is 20.8 Å². The Hall–Kier alpha value is -0.120. The highest BCUT2D eigenvalue weighted by Gasteiger charge is 2.36. The Bertz CT molecular complexity index is 334. The maximum Gasteiger partial charge on any atom is 0.410 e. The van der Waals surface area contributed by atoms with Crippen LogP contribution in [0.4, 0.5) is 4.79 Å². The van der Waals surface area contributed by atoms with Gasteiger partial charge in [0.05, 0.1) is 29.8 Å². The van der Waals surface area contributed by atoms with Gasteiger partial charge in [-0.3, -0.25) is 0 Å². The van der Waals surface area contributed by atoms with Gasteiger partial charge < -0.3 is 23.8 Å². The molecule has 1 saturated heterocycles. The second kappa shape index (κ2) is 8.50. The van der Waals surface area contributed by atoms with Crippen LogP contribution in [0.25, 0.3) is 0 Å². The Labute approximate surface area is 140 Å². The maximum absolute atomic E-state index is 12.0. The summed E-state index contributed by atoms with van der Waals surface area (Å²) in [4.78, 5) is 13.7. The zero-order valence-corrected chi connectivity index (χ0v) is 15.6. The lowest BCUT2D eigenvalue weighted by atomic mass is 10.2. The normalized spacial score (nSPS) is 24.2. The van der Waals surface area contributed by atoms with Crippen molar-refractivity contribution in [3.05, 3.63) is 0 Å². The summed E-state index contributed by atoms with van der Waals surface area (Å²) in [6.07, 6.45) is -0.378. The zero-order valence-electron chi connectivity index (χ0n) is 13.4. The molecule has 7 heteroatoms. The van der Waals surface area contributed by atoms with Crippen LogP contribution in [0.2, 0.25) is 0 Å². The van der Waals surface area contributed by atoms with Crippen molar-refractivity contribution in [2.24, 2.45) is 0 Å². The monoisotopic (exact) mass is 415 g/mol. The molecule has 1 amide bonds. The number of hydrogen-bond acceptors (Lipinski definition) is 5. The second-order valence-corrected chi connectivity index (χ2v) is 7.69. The molecule has 0 N–H and O–H groups in total. The van der Waals surface area contributed by atoms with Gasteiger partial charge in [0.2, 0.25) is 0 Å². The number of likely N-dealkylation sites (tertiary alicyclic amines) is 1. The Kier molecular flexibility index (Phi) is 7.66. The number of halogens is 1. The third-order valence-electron chi connectivity index (χ3n) is 3.03. The lowest BCUT2D eigenvalue weighted by Gasteiger charge is -2.24. The first-order valence-corrected chi connectivity index (χ1v) is 8.26. The third-order valence-corrected chi connectivity index (χ3v) is 4.23. The number of ether oxygens (including phenoxy) is 4. The number of amides is 1. The molecule has 1 aliphatic heterocycles. The molecule has 124 valence electrons. The highest BCUT2D eigenvalue weighted by Crippen LogP contribution is 2.23. The van der Waals surface area contributed by atoms with Gasteiger partial charge in [0.25, 0.3) is 0 Å². The van der Waals surface area contributed by atoms with Crippen LogP contribution in [0, 0.1) is 0 Å². The summed E-state index contributed by atoms with van der Waals surface area (Å²) in [5.41, 5.74) is -0.476. The van der Waals surface area contributed by atoms with E-state index in [1.165, 1.54) is 0 Å². The summed E-state index contributed by atoms with van der Waals surface area (Å²) in [6.45, 7) is 7.73. The van der Waals surface area contributed by atoms with Crippen LogP contribution >= 0.6 is 22.6 Å². The second-order valence-electron chi connectivity index (χ2n) is 6.09. The van der Waals surface area contributed by atoms with Crippen LogP contribution in [0.5, 0.6) is 0 Å². The van der Waals surface area contributed by atoms with Crippen molar-refractivity contribution < 1.29 is 23.7 Å². The van der Waals surface area contributed by atoms with Crippen molar-refractivity contribution >= 4 is 28.7 Å². The molecule has 3 unspecified atom stereocenters. The smallest absolute Gasteiger partial charge is 0.410 e. The molecule has 1 aliphatic rings. The molecule has 0 spiro atoms. The molecule has 0 radical (unpaired) electrons. The van der Waals surface area contributed by atoms with Crippen LogP contribution in [0.3, 0.4) is 0 Å². The van der Waals surface area contributed by atoms with E-state index in [2.05, 4.69) is 22.6 Å². The molecule has 0 aliphatic carbocycles. The molecule has 1 fully saturated rings. The largest absolute Gasteiger partial charge is 0.444 e. The van der Waals surface area contributed by atoms with E-state index in [9.17, 15) is 4.79 Å². The Morgan fingerprint density at radius 3 is 2.48 bits per heavy atom. The lowest BCUT2D eigenvalue weighted by Crippen LogP contribution is -2.36. The maximum atomic E-state index is 12.0. The molecule has 3 atom stereocenters. The molecule has 0 aromatic heterocycles. The average molecular weight is 415 g/mol. The van der Waals surface area contributed by atoms with Crippen LogP contribution < -0.4 is 0 Å². The van der Waals surface area contributed by atoms with Crippen LogP contribution in [0.15, 0.2) is 0 Å². The minimum absolute atomic E-state index is 0.00683. The number of hydrogen-bond donors (Lipinski definition) is 0. The fourth-order valence-corrected chi connectivity index (χ4v) is 2.88. The van der Waals surface area contributed by atoms with E-state index in [0.29, 0.717) is 26.3 Å². The van der Waals surface area contributed by atoms with Crippen molar-refractivity contribution in [1.29, 1.82) is 0 Å². The molecule has 6 nitrogen and oxygen atoms in total. The van der Waals surface area contributed by atoms with E-state index in [1.54, 1.807) is 19.1 Å². The molecule has 0 bridgehead atoms. The Balaban J connectivity index is 2.43. The minimum atomic E-state index is -0.476. The number of rotatable bonds is 6. The first-order valence-electron chi connectivity index (χ1n) is 7.02. The van der Waals surface area contributed by atoms with Gasteiger partial charge in [-0.2, -0.15) is 0 Å². The van der Waals surface area contributed by atoms with Gasteiger partial charge in [-0.05, 0) is 20.8 Å². The van der Waals surface area contributed by atoms with Crippen LogP contribution in [-0.2, 0) is 18.9 Å². The molecule has 21 heavy (non-hydrogen) atoms. The average Bonchev–Trinajstić information content (AvgIpc) is 2.74. The minimum Gasteiger partial charge on any atom is -0.444 e. The number of methoxy groups -OCH3 is 2. The van der Waals surface area contributed by atoms with E-state index in [1.807, 2.05) is 20.8 Å². The van der Waals surface area contributed by atoms with E-state index >= 15 is 0 Å². The quantitative estimate of drug-likeness (QED) is 0.491. The van der Waals surface area contributed by atoms with Crippen molar-refractivity contribution in [3.63, 3.8) is 0 Å². The lowest BCUT2D eigenvalue weighted by molar-refractivity contribution is -0.0503. The molecular weight excluding hydrogens is 389 g/mol. The van der Waals surface area contributed by atoms with Gasteiger partial charge in [0.15, 0.2) is 0 Å². The summed E-state index contributed by atoms with van der Waals surface area (Å²) < 4.78 is 21.8. The molecule has 1 rings (SSSR count). The Morgan fingerprint density at radius 2 is 1.95 bits per heavy atom. The van der Waals surface area contributed by atoms with Gasteiger partial charge in [-0.15, -0.1) is 0 Å². The summed E-state index contributed by atoms with van der Waals surface area (Å²) in [7, 11) is 3.27. The fourth-order valence-electron chi connectivity index (χ4n) is 1.97. The topological polar surface area (TPSA) is 57.2 Å². The molecular formula is C14H26INO5. The number of carbonyl (C=O) groups excluding carboxylic acids is 1. The van der Waals surface area contributed by atoms with Gasteiger partial charge >= 0.3 is 6.09 Å². The van der Waals surface area contributed by atoms with Crippen molar-refractivity contribution in [2.75, 3.05) is 40.5 Å². The molecule has 1 heterocycles. The molecule has 0 aromatic rings. The first kappa shape index (κ1) is 18.9. The van der Waals surface area contributed by atoms with Crippen LogP contribution in [-0.4, -0.2) is 73.2 Å². The summed E-state index contributed by atoms with van der Waals surface area (Å²) in [5, 5.41) is 0. The number of carbonyl (C=O) groups is 1. The van der Waals surface area contributed by atoms with E-state index in [0.717, 1.165) is 0 Å². The van der Waals surface area contributed by atoms with Crippen molar-refractivity contribution in [3.8, 4) is 0 Å². The van der Waals surface area contributed by atoms with Gasteiger partial charge in [0.1, 0.15) is 11.7 Å². The van der Waals surface area contributed by atoms with Gasteiger partial charge in [-0.25, -0.2) is 4.79 Å². The Morgan fingerprint density at radius 1 is 1.29 bits per heavy atom. The summed E-state index contributed by atoms with van der Waals surface area (Å²) in [5.74, 6) is 0. The van der Waals surface area contributed by atoms with E-state index in [4.69, 9.17) is 18.9 Å². The SMILES string of the molecule is COCC(COC1CN(C(=O)OC(C)(C)C)CC1I)OC. The predicted molar refractivity (Wildman–Crippen MR) is 88.0 cm³/mol. The number of alkyl halides is 1. The molecule has 0 aromatic carbocycles. The van der Waals surface area contributed by atoms with E-state index in [-0.39, 0.29) is 22.2 Å². The summed E-state index contributed by atoms with van der Waals surface area (Å²) in [6, 6.07) is 0. The highest BCUT2D eigenvalue weighted by atomic mass is 127. The van der Waals surface area contributed by atoms with Crippen molar-refractivity contribution in [1.82, 2.24) is 4.90 Å². The van der Waals surface area contributed by atoms with Gasteiger partial charge in [-0.1, -0.05) is 22.6 Å². The van der Waals surface area contributed by atoms with Gasteiger partial charge in [0, 0.05) is 20.8 Å². The highest BCUT2D eigenvalue weighted by molar-refractivity contribution is 14.1. The zero-order chi connectivity index (χ0) is 16.0. The fraction of sp³-hybridized carbons (Fsp3) is 0.929. The molecule has 0 saturated carbocycles. The third kappa shape index (κ3) is 6.66. The first-order chi connectivity index (χ1) is 9.76. The van der Waals surface area contributed by atoms with Crippen molar-refractivity contribution in [2.45, 2.75) is 42.5 Å².